The van der Waals surface area contributed by atoms with E-state index in [0.29, 0.717) is 0 Å². The van der Waals surface area contributed by atoms with Crippen LogP contribution in [0, 0.1) is 0 Å². The number of H-pyrrole nitrogens is 1. The molecule has 0 aliphatic carbocycles. The monoisotopic (exact) mass is 339 g/mol. The van der Waals surface area contributed by atoms with Gasteiger partial charge < -0.3 is 9.84 Å². The highest BCUT2D eigenvalue weighted by Crippen LogP contribution is 2.19. The van der Waals surface area contributed by atoms with E-state index in [0.717, 1.165) is 12.3 Å². The average molecular weight is 339 g/mol. The molecule has 0 spiro atoms. The van der Waals surface area contributed by atoms with Gasteiger partial charge in [0.2, 0.25) is 0 Å². The lowest BCUT2D eigenvalue weighted by atomic mass is 10.2. The van der Waals surface area contributed by atoms with Gasteiger partial charge in [0.05, 0.1) is 23.3 Å². The smallest absolute Gasteiger partial charge is 0.343 e. The predicted octanol–water partition coefficient (Wildman–Crippen LogP) is 1.09. The summed E-state index contributed by atoms with van der Waals surface area (Å²) in [6, 6.07) is 4.80. The molecule has 2 aromatic rings. The van der Waals surface area contributed by atoms with Gasteiger partial charge in [-0.05, 0) is 25.1 Å². The van der Waals surface area contributed by atoms with E-state index in [-0.39, 0.29) is 28.4 Å². The number of aromatic amines is 1. The van der Waals surface area contributed by atoms with Gasteiger partial charge in [0.1, 0.15) is 11.4 Å². The molecule has 0 radical (unpaired) electrons. The van der Waals surface area contributed by atoms with E-state index < -0.39 is 22.0 Å². The van der Waals surface area contributed by atoms with Crippen LogP contribution in [0.15, 0.2) is 35.4 Å². The van der Waals surface area contributed by atoms with E-state index in [2.05, 4.69) is 14.9 Å². The Morgan fingerprint density at radius 3 is 2.78 bits per heavy atom. The minimum Gasteiger partial charge on any atom is -0.478 e. The van der Waals surface area contributed by atoms with E-state index in [1.54, 1.807) is 6.92 Å². The number of hydrogen-bond acceptors (Lipinski definition) is 6. The molecule has 0 aliphatic heterocycles. The summed E-state index contributed by atoms with van der Waals surface area (Å²) in [5.41, 5.74) is -0.257. The van der Waals surface area contributed by atoms with Crippen LogP contribution in [-0.4, -0.2) is 42.3 Å². The summed E-state index contributed by atoms with van der Waals surface area (Å²) in [6.45, 7) is 1.73. The van der Waals surface area contributed by atoms with Gasteiger partial charge in [-0.3, -0.25) is 9.82 Å². The number of nitrogens with zero attached hydrogens (tertiary/aromatic N) is 1. The zero-order chi connectivity index (χ0) is 17.0. The van der Waals surface area contributed by atoms with Crippen LogP contribution in [0.2, 0.25) is 0 Å². The lowest BCUT2D eigenvalue weighted by Gasteiger charge is -2.08. The Morgan fingerprint density at radius 1 is 1.39 bits per heavy atom. The highest BCUT2D eigenvalue weighted by molar-refractivity contribution is 7.92. The van der Waals surface area contributed by atoms with Gasteiger partial charge in [0.15, 0.2) is 0 Å². The molecule has 23 heavy (non-hydrogen) atoms. The maximum absolute atomic E-state index is 12.3. The summed E-state index contributed by atoms with van der Waals surface area (Å²) >= 11 is 0. The van der Waals surface area contributed by atoms with Crippen molar-refractivity contribution in [3.63, 3.8) is 0 Å². The number of ether oxygens (including phenoxy) is 1. The van der Waals surface area contributed by atoms with Crippen molar-refractivity contribution in [3.05, 3.63) is 41.6 Å². The number of aromatic carboxylic acids is 1. The zero-order valence-electron chi connectivity index (χ0n) is 11.9. The van der Waals surface area contributed by atoms with Crippen LogP contribution in [-0.2, 0) is 14.8 Å². The van der Waals surface area contributed by atoms with Crippen LogP contribution in [0.5, 0.6) is 0 Å². The summed E-state index contributed by atoms with van der Waals surface area (Å²) < 4.78 is 31.5. The van der Waals surface area contributed by atoms with Crippen molar-refractivity contribution in [2.24, 2.45) is 0 Å². The topological polar surface area (TPSA) is 138 Å². The number of sulfonamides is 1. The van der Waals surface area contributed by atoms with Gasteiger partial charge in [-0.1, -0.05) is 6.07 Å². The first-order valence-electron chi connectivity index (χ1n) is 6.42. The summed E-state index contributed by atoms with van der Waals surface area (Å²) in [6.07, 6.45) is 1.13. The molecule has 0 amide bonds. The Kier molecular flexibility index (Phi) is 4.65. The standard InChI is InChI=1S/C13H13N3O6S/c1-2-22-13(19)10-7-14-15-11(10)16-23(20,21)9-5-3-4-8(6-9)12(17)18/h3-7H,2H2,1H3,(H,17,18)(H2,14,15,16). The van der Waals surface area contributed by atoms with Crippen molar-refractivity contribution in [3.8, 4) is 0 Å². The van der Waals surface area contributed by atoms with Gasteiger partial charge in [-0.15, -0.1) is 0 Å². The molecule has 0 bridgehead atoms. The number of anilines is 1. The second-order valence-corrected chi connectivity index (χ2v) is 6.00. The maximum atomic E-state index is 12.3. The molecular formula is C13H13N3O6S. The Labute approximate surface area is 131 Å². The first-order valence-corrected chi connectivity index (χ1v) is 7.90. The quantitative estimate of drug-likeness (QED) is 0.669. The van der Waals surface area contributed by atoms with E-state index in [9.17, 15) is 18.0 Å². The number of carbonyl (C=O) groups excluding carboxylic acids is 1. The minimum absolute atomic E-state index is 0.0789. The van der Waals surface area contributed by atoms with Crippen LogP contribution < -0.4 is 4.72 Å². The number of aromatic nitrogens is 2. The molecule has 0 saturated carbocycles. The predicted molar refractivity (Wildman–Crippen MR) is 78.8 cm³/mol. The average Bonchev–Trinajstić information content (AvgIpc) is 2.95. The second-order valence-electron chi connectivity index (χ2n) is 4.32. The third-order valence-corrected chi connectivity index (χ3v) is 4.11. The highest BCUT2D eigenvalue weighted by Gasteiger charge is 2.22. The molecule has 10 heteroatoms. The Bertz CT molecular complexity index is 843. The Morgan fingerprint density at radius 2 is 2.13 bits per heavy atom. The number of carbonyl (C=O) groups is 2. The van der Waals surface area contributed by atoms with Crippen LogP contribution in [0.1, 0.15) is 27.6 Å². The van der Waals surface area contributed by atoms with Gasteiger partial charge in [-0.25, -0.2) is 18.0 Å². The Hall–Kier alpha value is -2.88. The molecule has 3 N–H and O–H groups in total. The van der Waals surface area contributed by atoms with Crippen molar-refractivity contribution >= 4 is 27.8 Å². The number of nitrogens with one attached hydrogen (secondary N) is 2. The molecule has 0 aliphatic rings. The van der Waals surface area contributed by atoms with Crippen LogP contribution in [0.4, 0.5) is 5.82 Å². The molecule has 122 valence electrons. The molecule has 0 unspecified atom stereocenters. The van der Waals surface area contributed by atoms with E-state index in [1.165, 1.54) is 18.2 Å². The van der Waals surface area contributed by atoms with Crippen LogP contribution in [0.25, 0.3) is 0 Å². The van der Waals surface area contributed by atoms with Crippen LogP contribution in [0.3, 0.4) is 0 Å². The zero-order valence-corrected chi connectivity index (χ0v) is 12.8. The molecule has 0 atom stereocenters. The van der Waals surface area contributed by atoms with Crippen molar-refractivity contribution < 1.29 is 27.9 Å². The third kappa shape index (κ3) is 3.66. The third-order valence-electron chi connectivity index (χ3n) is 2.76. The molecule has 9 nitrogen and oxygen atoms in total. The minimum atomic E-state index is -4.10. The summed E-state index contributed by atoms with van der Waals surface area (Å²) in [5.74, 6) is -2.15. The number of carboxylic acids is 1. The fourth-order valence-electron chi connectivity index (χ4n) is 1.72. The summed E-state index contributed by atoms with van der Waals surface area (Å²) in [5, 5.41) is 14.9. The largest absolute Gasteiger partial charge is 0.478 e. The number of benzene rings is 1. The Balaban J connectivity index is 2.33. The maximum Gasteiger partial charge on any atom is 0.343 e. The molecule has 0 saturated heterocycles. The summed E-state index contributed by atoms with van der Waals surface area (Å²) in [7, 11) is -4.10. The second kappa shape index (κ2) is 6.48. The molecule has 0 fully saturated rings. The van der Waals surface area contributed by atoms with Gasteiger partial charge >= 0.3 is 11.9 Å². The van der Waals surface area contributed by atoms with Crippen molar-refractivity contribution in [2.45, 2.75) is 11.8 Å². The molecule has 1 aromatic heterocycles. The number of rotatable bonds is 6. The highest BCUT2D eigenvalue weighted by atomic mass is 32.2. The van der Waals surface area contributed by atoms with Gasteiger partial charge in [0, 0.05) is 0 Å². The fourth-order valence-corrected chi connectivity index (χ4v) is 2.80. The van der Waals surface area contributed by atoms with E-state index in [4.69, 9.17) is 9.84 Å². The van der Waals surface area contributed by atoms with E-state index in [1.807, 2.05) is 0 Å². The number of carboxylic acid groups (broad SMARTS) is 1. The van der Waals surface area contributed by atoms with Crippen molar-refractivity contribution in [1.29, 1.82) is 0 Å². The van der Waals surface area contributed by atoms with Crippen molar-refractivity contribution in [1.82, 2.24) is 10.2 Å². The van der Waals surface area contributed by atoms with Gasteiger partial charge in [0.25, 0.3) is 10.0 Å². The molecule has 2 rings (SSSR count). The molecule has 1 aromatic carbocycles. The SMILES string of the molecule is CCOC(=O)c1cn[nH]c1NS(=O)(=O)c1cccc(C(=O)O)c1. The lowest BCUT2D eigenvalue weighted by molar-refractivity contribution is 0.0527. The van der Waals surface area contributed by atoms with Gasteiger partial charge in [-0.2, -0.15) is 5.10 Å². The normalized spacial score (nSPS) is 11.0. The first-order chi connectivity index (χ1) is 10.8. The van der Waals surface area contributed by atoms with Crippen molar-refractivity contribution in [2.75, 3.05) is 11.3 Å². The van der Waals surface area contributed by atoms with E-state index >= 15 is 0 Å². The molecule has 1 heterocycles. The summed E-state index contributed by atoms with van der Waals surface area (Å²) in [4.78, 5) is 22.4. The lowest BCUT2D eigenvalue weighted by Crippen LogP contribution is -2.16. The molecular weight excluding hydrogens is 326 g/mol. The number of hydrogen-bond donors (Lipinski definition) is 3. The fraction of sp³-hybridized carbons (Fsp3) is 0.154. The first kappa shape index (κ1) is 16.5. The van der Waals surface area contributed by atoms with Crippen LogP contribution >= 0.6 is 0 Å². The number of esters is 1.